The number of benzene rings is 1. The molecule has 1 aliphatic heterocycles. The van der Waals surface area contributed by atoms with Gasteiger partial charge in [-0.15, -0.1) is 11.3 Å². The van der Waals surface area contributed by atoms with Crippen molar-refractivity contribution in [2.24, 2.45) is 5.41 Å². The number of aromatic nitrogens is 1. The highest BCUT2D eigenvalue weighted by molar-refractivity contribution is 7.15. The highest BCUT2D eigenvalue weighted by atomic mass is 32.1. The number of anilines is 1. The van der Waals surface area contributed by atoms with Gasteiger partial charge in [0.2, 0.25) is 0 Å². The molecule has 1 saturated heterocycles. The first-order chi connectivity index (χ1) is 14.0. The normalized spacial score (nSPS) is 19.7. The molecule has 0 bridgehead atoms. The van der Waals surface area contributed by atoms with Crippen LogP contribution in [0.25, 0.3) is 0 Å². The van der Waals surface area contributed by atoms with Crippen LogP contribution in [0, 0.1) is 5.41 Å². The summed E-state index contributed by atoms with van der Waals surface area (Å²) in [6.45, 7) is 5.26. The number of rotatable bonds is 9. The maximum Gasteiger partial charge on any atom is 0.313 e. The van der Waals surface area contributed by atoms with Gasteiger partial charge in [0, 0.05) is 38.3 Å². The molecule has 1 fully saturated rings. The Balaban J connectivity index is 1.66. The van der Waals surface area contributed by atoms with Crippen molar-refractivity contribution < 1.29 is 14.3 Å². The van der Waals surface area contributed by atoms with Gasteiger partial charge in [-0.3, -0.25) is 9.69 Å². The number of nitrogens with zero attached hydrogens (tertiary/aromatic N) is 3. The molecule has 2 aromatic rings. The van der Waals surface area contributed by atoms with E-state index in [4.69, 9.17) is 9.47 Å². The molecule has 158 valence electrons. The molecule has 1 aromatic heterocycles. The van der Waals surface area contributed by atoms with Gasteiger partial charge in [0.25, 0.3) is 0 Å². The molecule has 3 rings (SSSR count). The van der Waals surface area contributed by atoms with Gasteiger partial charge >= 0.3 is 5.97 Å². The number of piperidine rings is 1. The topological polar surface area (TPSA) is 54.9 Å². The average Bonchev–Trinajstić information content (AvgIpc) is 3.18. The SMILES string of the molecule is CCOC(=O)C1(CCOc2ccccc2)CCCN(Cc2cnc(N(C)C)s2)C1. The second kappa shape index (κ2) is 10.1. The Morgan fingerprint density at radius 1 is 1.31 bits per heavy atom. The molecule has 0 aliphatic carbocycles. The summed E-state index contributed by atoms with van der Waals surface area (Å²) < 4.78 is 11.4. The number of hydrogen-bond acceptors (Lipinski definition) is 7. The van der Waals surface area contributed by atoms with E-state index in [0.717, 1.165) is 36.8 Å². The molecule has 0 radical (unpaired) electrons. The molecule has 7 heteroatoms. The number of ether oxygens (including phenoxy) is 2. The molecule has 29 heavy (non-hydrogen) atoms. The monoisotopic (exact) mass is 417 g/mol. The van der Waals surface area contributed by atoms with E-state index in [-0.39, 0.29) is 5.97 Å². The maximum absolute atomic E-state index is 12.9. The number of likely N-dealkylation sites (tertiary alicyclic amines) is 1. The fourth-order valence-corrected chi connectivity index (χ4v) is 4.67. The number of hydrogen-bond donors (Lipinski definition) is 0. The molecule has 6 nitrogen and oxygen atoms in total. The van der Waals surface area contributed by atoms with Crippen molar-refractivity contribution in [1.29, 1.82) is 0 Å². The van der Waals surface area contributed by atoms with E-state index >= 15 is 0 Å². The lowest BCUT2D eigenvalue weighted by atomic mass is 9.77. The van der Waals surface area contributed by atoms with Crippen LogP contribution in [0.4, 0.5) is 5.13 Å². The van der Waals surface area contributed by atoms with Gasteiger partial charge in [-0.1, -0.05) is 18.2 Å². The van der Waals surface area contributed by atoms with Crippen LogP contribution in [0.15, 0.2) is 36.5 Å². The van der Waals surface area contributed by atoms with Crippen LogP contribution in [-0.4, -0.2) is 56.3 Å². The first-order valence-electron chi connectivity index (χ1n) is 10.2. The number of carbonyl (C=O) groups excluding carboxylic acids is 1. The highest BCUT2D eigenvalue weighted by Crippen LogP contribution is 2.36. The Hall–Kier alpha value is -2.12. The van der Waals surface area contributed by atoms with Crippen LogP contribution in [0.2, 0.25) is 0 Å². The molecule has 1 unspecified atom stereocenters. The van der Waals surface area contributed by atoms with E-state index in [2.05, 4.69) is 9.88 Å². The van der Waals surface area contributed by atoms with E-state index in [0.29, 0.717) is 26.2 Å². The van der Waals surface area contributed by atoms with Crippen molar-refractivity contribution in [2.45, 2.75) is 32.7 Å². The largest absolute Gasteiger partial charge is 0.494 e. The quantitative estimate of drug-likeness (QED) is 0.578. The number of thiazole rings is 1. The lowest BCUT2D eigenvalue weighted by Crippen LogP contribution is -2.49. The van der Waals surface area contributed by atoms with E-state index in [1.807, 2.05) is 62.4 Å². The minimum absolute atomic E-state index is 0.0975. The zero-order valence-corrected chi connectivity index (χ0v) is 18.4. The molecule has 0 amide bonds. The summed E-state index contributed by atoms with van der Waals surface area (Å²) in [6, 6.07) is 9.76. The summed E-state index contributed by atoms with van der Waals surface area (Å²) in [5, 5.41) is 1.00. The van der Waals surface area contributed by atoms with Crippen molar-refractivity contribution >= 4 is 22.4 Å². The summed E-state index contributed by atoms with van der Waals surface area (Å²) in [7, 11) is 4.00. The Kier molecular flexibility index (Phi) is 7.50. The van der Waals surface area contributed by atoms with Gasteiger partial charge in [-0.2, -0.15) is 0 Å². The van der Waals surface area contributed by atoms with Crippen molar-refractivity contribution in [1.82, 2.24) is 9.88 Å². The van der Waals surface area contributed by atoms with E-state index in [9.17, 15) is 4.79 Å². The fraction of sp³-hybridized carbons (Fsp3) is 0.545. The van der Waals surface area contributed by atoms with Crippen LogP contribution >= 0.6 is 11.3 Å². The minimum atomic E-state index is -0.516. The Labute approximate surface area is 177 Å². The smallest absolute Gasteiger partial charge is 0.313 e. The minimum Gasteiger partial charge on any atom is -0.494 e. The zero-order chi connectivity index (χ0) is 20.7. The first-order valence-corrected chi connectivity index (χ1v) is 11.0. The van der Waals surface area contributed by atoms with Gasteiger partial charge in [0.05, 0.1) is 18.6 Å². The second-order valence-electron chi connectivity index (χ2n) is 7.73. The van der Waals surface area contributed by atoms with Gasteiger partial charge in [0.1, 0.15) is 5.75 Å². The van der Waals surface area contributed by atoms with Gasteiger partial charge in [0.15, 0.2) is 5.13 Å². The van der Waals surface area contributed by atoms with Crippen LogP contribution in [0.1, 0.15) is 31.1 Å². The Morgan fingerprint density at radius 2 is 2.10 bits per heavy atom. The molecule has 0 spiro atoms. The zero-order valence-electron chi connectivity index (χ0n) is 17.6. The molecule has 1 aliphatic rings. The molecular weight excluding hydrogens is 386 g/mol. The standard InChI is InChI=1S/C22H31N3O3S/c1-4-27-20(26)22(12-14-28-18-9-6-5-7-10-18)11-8-13-25(17-22)16-19-15-23-21(29-19)24(2)3/h5-7,9-10,15H,4,8,11-14,16-17H2,1-3H3. The predicted octanol–water partition coefficient (Wildman–Crippen LogP) is 3.82. The molecule has 2 heterocycles. The van der Waals surface area contributed by atoms with Gasteiger partial charge in [-0.05, 0) is 44.9 Å². The number of carbonyl (C=O) groups is 1. The fourth-order valence-electron chi connectivity index (χ4n) is 3.80. The Morgan fingerprint density at radius 3 is 2.79 bits per heavy atom. The van der Waals surface area contributed by atoms with Crippen LogP contribution < -0.4 is 9.64 Å². The average molecular weight is 418 g/mol. The summed E-state index contributed by atoms with van der Waals surface area (Å²) >= 11 is 1.70. The molecule has 0 saturated carbocycles. The summed E-state index contributed by atoms with van der Waals surface area (Å²) in [4.78, 5) is 23.0. The third-order valence-corrected chi connectivity index (χ3v) is 6.41. The van der Waals surface area contributed by atoms with E-state index in [1.54, 1.807) is 11.3 Å². The molecular formula is C22H31N3O3S. The van der Waals surface area contributed by atoms with Crippen LogP contribution in [-0.2, 0) is 16.1 Å². The van der Waals surface area contributed by atoms with Crippen LogP contribution in [0.5, 0.6) is 5.75 Å². The third-order valence-electron chi connectivity index (χ3n) is 5.26. The summed E-state index contributed by atoms with van der Waals surface area (Å²) in [5.74, 6) is 0.736. The number of para-hydroxylation sites is 1. The second-order valence-corrected chi connectivity index (χ2v) is 8.82. The first kappa shape index (κ1) is 21.6. The molecule has 1 aromatic carbocycles. The van der Waals surface area contributed by atoms with Gasteiger partial charge in [-0.25, -0.2) is 4.98 Å². The van der Waals surface area contributed by atoms with Crippen molar-refractivity contribution in [3.05, 3.63) is 41.4 Å². The van der Waals surface area contributed by atoms with Crippen molar-refractivity contribution in [3.8, 4) is 5.75 Å². The lowest BCUT2D eigenvalue weighted by molar-refractivity contribution is -0.160. The molecule has 1 atom stereocenters. The van der Waals surface area contributed by atoms with E-state index in [1.165, 1.54) is 4.88 Å². The van der Waals surface area contributed by atoms with Gasteiger partial charge < -0.3 is 14.4 Å². The Bertz CT molecular complexity index is 781. The molecule has 0 N–H and O–H groups in total. The van der Waals surface area contributed by atoms with Crippen molar-refractivity contribution in [3.63, 3.8) is 0 Å². The lowest BCUT2D eigenvalue weighted by Gasteiger charge is -2.40. The summed E-state index contributed by atoms with van der Waals surface area (Å²) in [5.41, 5.74) is -0.516. The van der Waals surface area contributed by atoms with Crippen LogP contribution in [0.3, 0.4) is 0 Å². The van der Waals surface area contributed by atoms with E-state index < -0.39 is 5.41 Å². The van der Waals surface area contributed by atoms with Crippen molar-refractivity contribution in [2.75, 3.05) is 45.3 Å². The maximum atomic E-state index is 12.9. The predicted molar refractivity (Wildman–Crippen MR) is 117 cm³/mol. The highest BCUT2D eigenvalue weighted by Gasteiger charge is 2.43. The summed E-state index contributed by atoms with van der Waals surface area (Å²) in [6.07, 6.45) is 4.41. The number of esters is 1. The third kappa shape index (κ3) is 5.70.